The second-order valence-corrected chi connectivity index (χ2v) is 7.25. The van der Waals surface area contributed by atoms with E-state index in [1.165, 1.54) is 56.5 Å². The second-order valence-electron chi connectivity index (χ2n) is 7.25. The maximum atomic E-state index is 12.8. The second kappa shape index (κ2) is 6.98. The molecule has 2 saturated heterocycles. The molecule has 0 saturated carbocycles. The van der Waals surface area contributed by atoms with Crippen LogP contribution in [0.1, 0.15) is 44.1 Å². The first-order valence-corrected chi connectivity index (χ1v) is 9.46. The molecule has 0 amide bonds. The van der Waals surface area contributed by atoms with Crippen LogP contribution in [0.4, 0.5) is 5.69 Å². The number of rotatable bonds is 3. The van der Waals surface area contributed by atoms with Gasteiger partial charge in [-0.25, -0.2) is 4.79 Å². The SMILES string of the molecule is O=c1oc2ccccc2c(N2CCCCC2)c1C[NH+]1CCCCC1. The van der Waals surface area contributed by atoms with Gasteiger partial charge in [0.2, 0.25) is 0 Å². The van der Waals surface area contributed by atoms with Crippen LogP contribution in [0.15, 0.2) is 33.5 Å². The molecule has 1 N–H and O–H groups in total. The van der Waals surface area contributed by atoms with Crippen molar-refractivity contribution in [2.24, 2.45) is 0 Å². The number of hydrogen-bond acceptors (Lipinski definition) is 3. The zero-order valence-electron chi connectivity index (χ0n) is 14.4. The number of nitrogens with one attached hydrogen (secondary N) is 1. The molecule has 1 aromatic heterocycles. The van der Waals surface area contributed by atoms with Gasteiger partial charge in [0, 0.05) is 18.5 Å². The van der Waals surface area contributed by atoms with Crippen molar-refractivity contribution < 1.29 is 9.32 Å². The molecule has 0 radical (unpaired) electrons. The van der Waals surface area contributed by atoms with Crippen LogP contribution >= 0.6 is 0 Å². The van der Waals surface area contributed by atoms with E-state index in [0.29, 0.717) is 0 Å². The Balaban J connectivity index is 1.80. The zero-order valence-corrected chi connectivity index (χ0v) is 14.4. The van der Waals surface area contributed by atoms with Crippen molar-refractivity contribution in [2.45, 2.75) is 45.1 Å². The molecule has 2 aliphatic heterocycles. The minimum absolute atomic E-state index is 0.132. The molecule has 1 aromatic carbocycles. The highest BCUT2D eigenvalue weighted by molar-refractivity contribution is 5.91. The van der Waals surface area contributed by atoms with Crippen molar-refractivity contribution in [3.63, 3.8) is 0 Å². The molecule has 0 unspecified atom stereocenters. The Morgan fingerprint density at radius 2 is 1.67 bits per heavy atom. The summed E-state index contributed by atoms with van der Waals surface area (Å²) in [5.74, 6) is 0. The molecule has 3 heterocycles. The molecule has 0 bridgehead atoms. The monoisotopic (exact) mass is 327 g/mol. The summed E-state index contributed by atoms with van der Waals surface area (Å²) in [6.07, 6.45) is 7.59. The first-order valence-electron chi connectivity index (χ1n) is 9.46. The maximum absolute atomic E-state index is 12.8. The molecule has 128 valence electrons. The number of hydrogen-bond donors (Lipinski definition) is 1. The number of nitrogens with zero attached hydrogens (tertiary/aromatic N) is 1. The van der Waals surface area contributed by atoms with E-state index in [4.69, 9.17) is 4.42 Å². The van der Waals surface area contributed by atoms with Crippen molar-refractivity contribution in [1.82, 2.24) is 0 Å². The van der Waals surface area contributed by atoms with Crippen molar-refractivity contribution in [3.05, 3.63) is 40.2 Å². The summed E-state index contributed by atoms with van der Waals surface area (Å²) in [6, 6.07) is 8.02. The van der Waals surface area contributed by atoms with Crippen molar-refractivity contribution >= 4 is 16.7 Å². The van der Waals surface area contributed by atoms with E-state index in [9.17, 15) is 4.79 Å². The van der Waals surface area contributed by atoms with E-state index >= 15 is 0 Å². The molecule has 2 fully saturated rings. The lowest BCUT2D eigenvalue weighted by Gasteiger charge is -2.32. The molecular formula is C20H27N2O2+. The topological polar surface area (TPSA) is 37.9 Å². The van der Waals surface area contributed by atoms with Gasteiger partial charge in [0.05, 0.1) is 18.8 Å². The summed E-state index contributed by atoms with van der Waals surface area (Å²) >= 11 is 0. The van der Waals surface area contributed by atoms with Gasteiger partial charge in [0.1, 0.15) is 17.7 Å². The molecule has 2 aromatic rings. The van der Waals surface area contributed by atoms with Gasteiger partial charge < -0.3 is 14.2 Å². The number of benzene rings is 1. The van der Waals surface area contributed by atoms with Crippen molar-refractivity contribution in [2.75, 3.05) is 31.1 Å². The Morgan fingerprint density at radius 3 is 2.46 bits per heavy atom. The molecule has 0 spiro atoms. The van der Waals surface area contributed by atoms with Crippen molar-refractivity contribution in [3.8, 4) is 0 Å². The number of anilines is 1. The number of para-hydroxylation sites is 1. The Labute approximate surface area is 143 Å². The maximum Gasteiger partial charge on any atom is 0.347 e. The van der Waals surface area contributed by atoms with Gasteiger partial charge in [-0.2, -0.15) is 0 Å². The average molecular weight is 327 g/mol. The summed E-state index contributed by atoms with van der Waals surface area (Å²) in [4.78, 5) is 16.7. The van der Waals surface area contributed by atoms with E-state index in [-0.39, 0.29) is 5.63 Å². The number of fused-ring (bicyclic) bond motifs is 1. The van der Waals surface area contributed by atoms with Crippen LogP contribution in [0.5, 0.6) is 0 Å². The first-order chi connectivity index (χ1) is 11.8. The quantitative estimate of drug-likeness (QED) is 0.880. The molecular weight excluding hydrogens is 300 g/mol. The summed E-state index contributed by atoms with van der Waals surface area (Å²) < 4.78 is 5.67. The van der Waals surface area contributed by atoms with Crippen LogP contribution in [0.25, 0.3) is 11.0 Å². The minimum Gasteiger partial charge on any atom is -0.422 e. The number of likely N-dealkylation sites (tertiary alicyclic amines) is 1. The van der Waals surface area contributed by atoms with Gasteiger partial charge in [-0.3, -0.25) is 0 Å². The fraction of sp³-hybridized carbons (Fsp3) is 0.550. The Kier molecular flexibility index (Phi) is 4.56. The van der Waals surface area contributed by atoms with E-state index in [1.807, 2.05) is 18.2 Å². The van der Waals surface area contributed by atoms with E-state index in [1.54, 1.807) is 0 Å². The van der Waals surface area contributed by atoms with Gasteiger partial charge in [-0.1, -0.05) is 12.1 Å². The lowest BCUT2D eigenvalue weighted by atomic mass is 10.0. The summed E-state index contributed by atoms with van der Waals surface area (Å²) in [6.45, 7) is 5.25. The Hall–Kier alpha value is -1.81. The van der Waals surface area contributed by atoms with Crippen LogP contribution in [0.3, 0.4) is 0 Å². The fourth-order valence-corrected chi connectivity index (χ4v) is 4.29. The van der Waals surface area contributed by atoms with Gasteiger partial charge in [0.15, 0.2) is 0 Å². The average Bonchev–Trinajstić information content (AvgIpc) is 2.64. The molecule has 2 aliphatic rings. The highest BCUT2D eigenvalue weighted by Crippen LogP contribution is 2.30. The van der Waals surface area contributed by atoms with E-state index in [2.05, 4.69) is 11.0 Å². The smallest absolute Gasteiger partial charge is 0.347 e. The Bertz CT molecular complexity index is 756. The zero-order chi connectivity index (χ0) is 16.4. The summed E-state index contributed by atoms with van der Waals surface area (Å²) in [5.41, 5.74) is 2.64. The number of quaternary nitrogens is 1. The van der Waals surface area contributed by atoms with Gasteiger partial charge in [-0.05, 0) is 50.7 Å². The molecule has 24 heavy (non-hydrogen) atoms. The third kappa shape index (κ3) is 3.07. The predicted molar refractivity (Wildman–Crippen MR) is 96.8 cm³/mol. The van der Waals surface area contributed by atoms with Crippen molar-refractivity contribution in [1.29, 1.82) is 0 Å². The molecule has 4 heteroatoms. The minimum atomic E-state index is -0.132. The lowest BCUT2D eigenvalue weighted by molar-refractivity contribution is -0.918. The first kappa shape index (κ1) is 15.7. The van der Waals surface area contributed by atoms with E-state index in [0.717, 1.165) is 41.9 Å². The van der Waals surface area contributed by atoms with Crippen LogP contribution < -0.4 is 15.4 Å². The largest absolute Gasteiger partial charge is 0.422 e. The normalized spacial score (nSPS) is 19.8. The molecule has 0 aliphatic carbocycles. The van der Waals surface area contributed by atoms with Gasteiger partial charge >= 0.3 is 5.63 Å². The van der Waals surface area contributed by atoms with Crippen LogP contribution in [-0.2, 0) is 6.54 Å². The molecule has 4 nitrogen and oxygen atoms in total. The fourth-order valence-electron chi connectivity index (χ4n) is 4.29. The third-order valence-corrected chi connectivity index (χ3v) is 5.54. The predicted octanol–water partition coefficient (Wildman–Crippen LogP) is 2.35. The van der Waals surface area contributed by atoms with Crippen LogP contribution in [0.2, 0.25) is 0 Å². The summed E-state index contributed by atoms with van der Waals surface area (Å²) in [7, 11) is 0. The highest BCUT2D eigenvalue weighted by atomic mass is 16.4. The molecule has 0 atom stereocenters. The summed E-state index contributed by atoms with van der Waals surface area (Å²) in [5, 5.41) is 1.10. The van der Waals surface area contributed by atoms with E-state index < -0.39 is 0 Å². The highest BCUT2D eigenvalue weighted by Gasteiger charge is 2.25. The van der Waals surface area contributed by atoms with Crippen LogP contribution in [-0.4, -0.2) is 26.2 Å². The van der Waals surface area contributed by atoms with Gasteiger partial charge in [-0.15, -0.1) is 0 Å². The van der Waals surface area contributed by atoms with Crippen LogP contribution in [0, 0.1) is 0 Å². The Morgan fingerprint density at radius 1 is 0.958 bits per heavy atom. The third-order valence-electron chi connectivity index (χ3n) is 5.54. The number of piperidine rings is 2. The molecule has 4 rings (SSSR count). The lowest BCUT2D eigenvalue weighted by Crippen LogP contribution is -3.11. The van der Waals surface area contributed by atoms with Gasteiger partial charge in [0.25, 0.3) is 0 Å². The standard InChI is InChI=1S/C20H26N2O2/c23-20-17(15-21-11-5-1-6-12-21)19(22-13-7-2-8-14-22)16-9-3-4-10-18(16)24-20/h3-4,9-10H,1-2,5-8,11-15H2/p+1.